The predicted octanol–water partition coefficient (Wildman–Crippen LogP) is 3.39. The third-order valence-corrected chi connectivity index (χ3v) is 3.21. The molecule has 2 heterocycles. The number of carbonyl (C=O) groups excluding carboxylic acids is 2. The highest BCUT2D eigenvalue weighted by Crippen LogP contribution is 2.28. The molecule has 24 heavy (non-hydrogen) atoms. The number of methoxy groups -OCH3 is 1. The maximum atomic E-state index is 12.2. The Kier molecular flexibility index (Phi) is 4.33. The second kappa shape index (κ2) is 6.74. The molecule has 1 aromatic carbocycles. The van der Waals surface area contributed by atoms with Crippen LogP contribution >= 0.6 is 0 Å². The van der Waals surface area contributed by atoms with Crippen molar-refractivity contribution in [2.45, 2.75) is 0 Å². The molecule has 0 saturated carbocycles. The van der Waals surface area contributed by atoms with E-state index in [9.17, 15) is 9.59 Å². The van der Waals surface area contributed by atoms with Gasteiger partial charge in [0.1, 0.15) is 5.75 Å². The van der Waals surface area contributed by atoms with Gasteiger partial charge in [-0.15, -0.1) is 0 Å². The van der Waals surface area contributed by atoms with E-state index in [0.29, 0.717) is 17.1 Å². The molecular weight excluding hydrogens is 312 g/mol. The fourth-order valence-corrected chi connectivity index (χ4v) is 2.05. The van der Waals surface area contributed by atoms with E-state index in [4.69, 9.17) is 13.6 Å². The first-order chi connectivity index (χ1) is 11.7. The van der Waals surface area contributed by atoms with Gasteiger partial charge in [0.25, 0.3) is 11.8 Å². The van der Waals surface area contributed by atoms with Crippen molar-refractivity contribution in [2.75, 3.05) is 17.7 Å². The Labute approximate surface area is 137 Å². The summed E-state index contributed by atoms with van der Waals surface area (Å²) in [7, 11) is 1.51. The monoisotopic (exact) mass is 326 g/mol. The Bertz CT molecular complexity index is 838. The third-order valence-electron chi connectivity index (χ3n) is 3.21. The molecule has 0 radical (unpaired) electrons. The van der Waals surface area contributed by atoms with E-state index in [1.54, 1.807) is 36.4 Å². The number of amides is 2. The van der Waals surface area contributed by atoms with Crippen LogP contribution in [0, 0.1) is 0 Å². The molecule has 7 heteroatoms. The first-order valence-corrected chi connectivity index (χ1v) is 7.05. The van der Waals surface area contributed by atoms with E-state index in [1.807, 2.05) is 0 Å². The molecule has 7 nitrogen and oxygen atoms in total. The highest BCUT2D eigenvalue weighted by molar-refractivity contribution is 6.08. The second-order valence-electron chi connectivity index (χ2n) is 4.77. The number of furan rings is 2. The smallest absolute Gasteiger partial charge is 0.291 e. The fraction of sp³-hybridized carbons (Fsp3) is 0.0588. The molecule has 2 N–H and O–H groups in total. The van der Waals surface area contributed by atoms with Crippen LogP contribution in [-0.2, 0) is 0 Å². The summed E-state index contributed by atoms with van der Waals surface area (Å²) < 4.78 is 15.3. The maximum absolute atomic E-state index is 12.2. The van der Waals surface area contributed by atoms with Gasteiger partial charge in [-0.05, 0) is 36.4 Å². The fourth-order valence-electron chi connectivity index (χ4n) is 2.05. The lowest BCUT2D eigenvalue weighted by Gasteiger charge is -2.12. The summed E-state index contributed by atoms with van der Waals surface area (Å²) in [5.74, 6) is -0.0311. The summed E-state index contributed by atoms with van der Waals surface area (Å²) in [6.45, 7) is 0. The predicted molar refractivity (Wildman–Crippen MR) is 86.3 cm³/mol. The molecule has 0 aliphatic heterocycles. The van der Waals surface area contributed by atoms with Crippen LogP contribution in [-0.4, -0.2) is 18.9 Å². The average Bonchev–Trinajstić information content (AvgIpc) is 3.29. The summed E-state index contributed by atoms with van der Waals surface area (Å²) in [5.41, 5.74) is 0.771. The molecule has 0 aliphatic carbocycles. The van der Waals surface area contributed by atoms with Crippen molar-refractivity contribution < 1.29 is 23.2 Å². The van der Waals surface area contributed by atoms with Gasteiger partial charge in [0.05, 0.1) is 31.0 Å². The van der Waals surface area contributed by atoms with Gasteiger partial charge < -0.3 is 24.2 Å². The zero-order valence-corrected chi connectivity index (χ0v) is 12.7. The number of nitrogens with one attached hydrogen (secondary N) is 2. The zero-order valence-electron chi connectivity index (χ0n) is 12.7. The Morgan fingerprint density at radius 3 is 1.96 bits per heavy atom. The molecule has 0 atom stereocenters. The van der Waals surface area contributed by atoms with Crippen LogP contribution in [0.2, 0.25) is 0 Å². The number of anilines is 2. The van der Waals surface area contributed by atoms with Crippen LogP contribution in [0.4, 0.5) is 11.4 Å². The van der Waals surface area contributed by atoms with Crippen LogP contribution in [0.1, 0.15) is 21.1 Å². The van der Waals surface area contributed by atoms with Gasteiger partial charge in [-0.25, -0.2) is 0 Å². The summed E-state index contributed by atoms with van der Waals surface area (Å²) in [5, 5.41) is 5.36. The van der Waals surface area contributed by atoms with Crippen LogP contribution in [0.3, 0.4) is 0 Å². The first-order valence-electron chi connectivity index (χ1n) is 7.05. The van der Waals surface area contributed by atoms with Crippen molar-refractivity contribution in [1.82, 2.24) is 0 Å². The van der Waals surface area contributed by atoms with Gasteiger partial charge in [0, 0.05) is 6.07 Å². The van der Waals surface area contributed by atoms with Gasteiger partial charge in [0.2, 0.25) is 0 Å². The highest BCUT2D eigenvalue weighted by atomic mass is 16.5. The molecule has 0 unspecified atom stereocenters. The lowest BCUT2D eigenvalue weighted by Crippen LogP contribution is -2.16. The number of carbonyl (C=O) groups is 2. The van der Waals surface area contributed by atoms with Crippen molar-refractivity contribution in [2.24, 2.45) is 0 Å². The van der Waals surface area contributed by atoms with E-state index in [-0.39, 0.29) is 11.5 Å². The Hall–Kier alpha value is -3.48. The van der Waals surface area contributed by atoms with Gasteiger partial charge in [0.15, 0.2) is 11.5 Å². The molecule has 0 saturated heterocycles. The summed E-state index contributed by atoms with van der Waals surface area (Å²) in [6, 6.07) is 11.2. The average molecular weight is 326 g/mol. The van der Waals surface area contributed by atoms with Crippen molar-refractivity contribution in [3.63, 3.8) is 0 Å². The van der Waals surface area contributed by atoms with Crippen LogP contribution in [0.25, 0.3) is 0 Å². The third kappa shape index (κ3) is 3.30. The minimum absolute atomic E-state index is 0.154. The minimum Gasteiger partial charge on any atom is -0.497 e. The topological polar surface area (TPSA) is 93.7 Å². The number of ether oxygens (including phenoxy) is 1. The molecule has 122 valence electrons. The van der Waals surface area contributed by atoms with Gasteiger partial charge in [-0.1, -0.05) is 0 Å². The lowest BCUT2D eigenvalue weighted by molar-refractivity contribution is 0.0987. The molecule has 0 bridgehead atoms. The van der Waals surface area contributed by atoms with Gasteiger partial charge in [-0.2, -0.15) is 0 Å². The van der Waals surface area contributed by atoms with E-state index in [0.717, 1.165) is 0 Å². The standard InChI is InChI=1S/C17H14N2O5/c1-22-11-6-7-12(18-16(20)14-4-2-8-23-14)13(10-11)19-17(21)15-5-3-9-24-15/h2-10H,1H3,(H,18,20)(H,19,21). The molecule has 3 aromatic rings. The van der Waals surface area contributed by atoms with Gasteiger partial charge >= 0.3 is 0 Å². The molecule has 0 fully saturated rings. The number of hydrogen-bond donors (Lipinski definition) is 2. The molecule has 2 aromatic heterocycles. The first kappa shape index (κ1) is 15.4. The molecule has 3 rings (SSSR count). The van der Waals surface area contributed by atoms with Crippen LogP contribution < -0.4 is 15.4 Å². The second-order valence-corrected chi connectivity index (χ2v) is 4.77. The Morgan fingerprint density at radius 1 is 0.875 bits per heavy atom. The summed E-state index contributed by atoms with van der Waals surface area (Å²) in [4.78, 5) is 24.3. The lowest BCUT2D eigenvalue weighted by atomic mass is 10.2. The van der Waals surface area contributed by atoms with E-state index in [2.05, 4.69) is 10.6 Å². The number of benzene rings is 1. The summed E-state index contributed by atoms with van der Waals surface area (Å²) in [6.07, 6.45) is 2.81. The van der Waals surface area contributed by atoms with E-state index in [1.165, 1.54) is 25.7 Å². The van der Waals surface area contributed by atoms with Crippen molar-refractivity contribution in [3.8, 4) is 5.75 Å². The highest BCUT2D eigenvalue weighted by Gasteiger charge is 2.15. The van der Waals surface area contributed by atoms with Crippen molar-refractivity contribution in [3.05, 3.63) is 66.5 Å². The molecular formula is C17H14N2O5. The maximum Gasteiger partial charge on any atom is 0.291 e. The number of rotatable bonds is 5. The zero-order chi connectivity index (χ0) is 16.9. The van der Waals surface area contributed by atoms with Crippen LogP contribution in [0.15, 0.2) is 63.8 Å². The Balaban J connectivity index is 1.85. The quantitative estimate of drug-likeness (QED) is 0.749. The largest absolute Gasteiger partial charge is 0.497 e. The Morgan fingerprint density at radius 2 is 1.46 bits per heavy atom. The van der Waals surface area contributed by atoms with E-state index < -0.39 is 11.8 Å². The van der Waals surface area contributed by atoms with Crippen LogP contribution in [0.5, 0.6) is 5.75 Å². The number of hydrogen-bond acceptors (Lipinski definition) is 5. The van der Waals surface area contributed by atoms with Gasteiger partial charge in [-0.3, -0.25) is 9.59 Å². The normalized spacial score (nSPS) is 10.2. The molecule has 2 amide bonds. The van der Waals surface area contributed by atoms with Crippen molar-refractivity contribution in [1.29, 1.82) is 0 Å². The SMILES string of the molecule is COc1ccc(NC(=O)c2ccco2)c(NC(=O)c2ccco2)c1. The van der Waals surface area contributed by atoms with E-state index >= 15 is 0 Å². The minimum atomic E-state index is -0.443. The molecule has 0 aliphatic rings. The summed E-state index contributed by atoms with van der Waals surface area (Å²) >= 11 is 0. The molecule has 0 spiro atoms. The van der Waals surface area contributed by atoms with Crippen molar-refractivity contribution >= 4 is 23.2 Å².